The van der Waals surface area contributed by atoms with E-state index in [2.05, 4.69) is 0 Å². The molecule has 0 fully saturated rings. The molecule has 0 saturated carbocycles. The topological polar surface area (TPSA) is 83.8 Å². The number of ether oxygens (including phenoxy) is 1. The van der Waals surface area contributed by atoms with Gasteiger partial charge in [0.15, 0.2) is 0 Å². The molecule has 1 aliphatic rings. The smallest absolute Gasteiger partial charge is 0.335 e. The minimum absolute atomic E-state index is 0.149. The van der Waals surface area contributed by atoms with Crippen LogP contribution in [-0.4, -0.2) is 22.2 Å². The van der Waals surface area contributed by atoms with E-state index in [-0.39, 0.29) is 23.2 Å². The van der Waals surface area contributed by atoms with Crippen LogP contribution in [0.15, 0.2) is 42.5 Å². The van der Waals surface area contributed by atoms with Crippen LogP contribution in [0.5, 0.6) is 11.5 Å². The number of hydrogen-bond acceptors (Lipinski definition) is 4. The second-order valence-corrected chi connectivity index (χ2v) is 5.64. The highest BCUT2D eigenvalue weighted by Gasteiger charge is 2.26. The Morgan fingerprint density at radius 2 is 1.78 bits per heavy atom. The molecule has 0 saturated heterocycles. The Bertz CT molecular complexity index is 749. The van der Waals surface area contributed by atoms with E-state index >= 15 is 0 Å². The van der Waals surface area contributed by atoms with Crippen molar-refractivity contribution in [1.82, 2.24) is 0 Å². The molecule has 3 rings (SSSR count). The monoisotopic (exact) mass is 312 g/mol. The third-order valence-corrected chi connectivity index (χ3v) is 4.07. The first-order valence-electron chi connectivity index (χ1n) is 7.39. The Morgan fingerprint density at radius 1 is 1.04 bits per heavy atom. The SMILES string of the molecule is O=C(O)c1ccc(OC(=O)C2CCc3cc(O)ccc3C2)cc1. The van der Waals surface area contributed by atoms with Crippen molar-refractivity contribution in [3.63, 3.8) is 0 Å². The van der Waals surface area contributed by atoms with Gasteiger partial charge in [0.05, 0.1) is 11.5 Å². The molecule has 5 nitrogen and oxygen atoms in total. The summed E-state index contributed by atoms with van der Waals surface area (Å²) < 4.78 is 5.35. The number of carbonyl (C=O) groups excluding carboxylic acids is 1. The summed E-state index contributed by atoms with van der Waals surface area (Å²) in [6, 6.07) is 11.0. The molecule has 0 amide bonds. The number of hydrogen-bond donors (Lipinski definition) is 2. The molecule has 23 heavy (non-hydrogen) atoms. The lowest BCUT2D eigenvalue weighted by atomic mass is 9.84. The fraction of sp³-hybridized carbons (Fsp3) is 0.222. The van der Waals surface area contributed by atoms with Crippen LogP contribution < -0.4 is 4.74 Å². The first-order chi connectivity index (χ1) is 11.0. The van der Waals surface area contributed by atoms with Crippen LogP contribution in [0, 0.1) is 5.92 Å². The number of carboxylic acids is 1. The number of aromatic carboxylic acids is 1. The number of carboxylic acid groups (broad SMARTS) is 1. The average Bonchev–Trinajstić information content (AvgIpc) is 2.54. The number of fused-ring (bicyclic) bond motifs is 1. The summed E-state index contributed by atoms with van der Waals surface area (Å²) in [5.74, 6) is -0.979. The third kappa shape index (κ3) is 3.34. The van der Waals surface area contributed by atoms with Crippen molar-refractivity contribution in [3.8, 4) is 11.5 Å². The van der Waals surface area contributed by atoms with Gasteiger partial charge in [-0.25, -0.2) is 4.79 Å². The van der Waals surface area contributed by atoms with Gasteiger partial charge in [-0.05, 0) is 66.8 Å². The van der Waals surface area contributed by atoms with Gasteiger partial charge in [0, 0.05) is 0 Å². The van der Waals surface area contributed by atoms with Crippen molar-refractivity contribution >= 4 is 11.9 Å². The summed E-state index contributed by atoms with van der Waals surface area (Å²) >= 11 is 0. The van der Waals surface area contributed by atoms with Gasteiger partial charge in [-0.15, -0.1) is 0 Å². The first kappa shape index (κ1) is 15.1. The Balaban J connectivity index is 1.67. The molecule has 0 heterocycles. The summed E-state index contributed by atoms with van der Waals surface area (Å²) in [5, 5.41) is 18.3. The maximum atomic E-state index is 12.3. The molecule has 0 aliphatic heterocycles. The molecular weight excluding hydrogens is 296 g/mol. The second kappa shape index (κ2) is 6.12. The molecule has 0 aromatic heterocycles. The second-order valence-electron chi connectivity index (χ2n) is 5.64. The molecule has 2 aromatic carbocycles. The molecule has 1 aliphatic carbocycles. The van der Waals surface area contributed by atoms with Crippen LogP contribution in [0.25, 0.3) is 0 Å². The highest BCUT2D eigenvalue weighted by molar-refractivity contribution is 5.87. The van der Waals surface area contributed by atoms with Crippen LogP contribution >= 0.6 is 0 Å². The zero-order chi connectivity index (χ0) is 16.4. The van der Waals surface area contributed by atoms with Crippen LogP contribution in [0.2, 0.25) is 0 Å². The number of phenols is 1. The Hall–Kier alpha value is -2.82. The van der Waals surface area contributed by atoms with Gasteiger partial charge in [-0.3, -0.25) is 4.79 Å². The van der Waals surface area contributed by atoms with E-state index in [1.54, 1.807) is 12.1 Å². The first-order valence-corrected chi connectivity index (χ1v) is 7.39. The quantitative estimate of drug-likeness (QED) is 0.672. The lowest BCUT2D eigenvalue weighted by Gasteiger charge is -2.23. The summed E-state index contributed by atoms with van der Waals surface area (Å²) in [4.78, 5) is 23.1. The number of benzene rings is 2. The van der Waals surface area contributed by atoms with Gasteiger partial charge in [-0.2, -0.15) is 0 Å². The summed E-state index contributed by atoms with van der Waals surface area (Å²) in [6.07, 6.45) is 1.98. The maximum Gasteiger partial charge on any atom is 0.335 e. The molecule has 0 radical (unpaired) electrons. The zero-order valence-electron chi connectivity index (χ0n) is 12.4. The molecule has 2 N–H and O–H groups in total. The van der Waals surface area contributed by atoms with Crippen molar-refractivity contribution in [2.24, 2.45) is 5.92 Å². The minimum Gasteiger partial charge on any atom is -0.508 e. The van der Waals surface area contributed by atoms with E-state index in [9.17, 15) is 14.7 Å². The van der Waals surface area contributed by atoms with E-state index in [4.69, 9.17) is 9.84 Å². The van der Waals surface area contributed by atoms with Gasteiger partial charge in [0.1, 0.15) is 11.5 Å². The minimum atomic E-state index is -1.02. The number of esters is 1. The fourth-order valence-electron chi connectivity index (χ4n) is 2.81. The highest BCUT2D eigenvalue weighted by atomic mass is 16.5. The molecule has 118 valence electrons. The molecular formula is C18H16O5. The van der Waals surface area contributed by atoms with Crippen LogP contribution in [-0.2, 0) is 17.6 Å². The molecule has 0 spiro atoms. The average molecular weight is 312 g/mol. The Labute approximate surface area is 133 Å². The summed E-state index contributed by atoms with van der Waals surface area (Å²) in [6.45, 7) is 0. The van der Waals surface area contributed by atoms with Crippen LogP contribution in [0.3, 0.4) is 0 Å². The van der Waals surface area contributed by atoms with Gasteiger partial charge >= 0.3 is 11.9 Å². The number of carbonyl (C=O) groups is 2. The van der Waals surface area contributed by atoms with Crippen molar-refractivity contribution < 1.29 is 24.5 Å². The van der Waals surface area contributed by atoms with Crippen LogP contribution in [0.4, 0.5) is 0 Å². The summed E-state index contributed by atoms with van der Waals surface area (Å²) in [7, 11) is 0. The number of aromatic hydroxyl groups is 1. The fourth-order valence-corrected chi connectivity index (χ4v) is 2.81. The summed E-state index contributed by atoms with van der Waals surface area (Å²) in [5.41, 5.74) is 2.27. The molecule has 1 unspecified atom stereocenters. The lowest BCUT2D eigenvalue weighted by molar-refractivity contribution is -0.139. The number of rotatable bonds is 3. The predicted octanol–water partition coefficient (Wildman–Crippen LogP) is 2.80. The zero-order valence-corrected chi connectivity index (χ0v) is 12.4. The molecule has 5 heteroatoms. The van der Waals surface area contributed by atoms with Gasteiger partial charge < -0.3 is 14.9 Å². The van der Waals surface area contributed by atoms with E-state index in [0.717, 1.165) is 17.5 Å². The van der Waals surface area contributed by atoms with Crippen molar-refractivity contribution in [2.45, 2.75) is 19.3 Å². The molecule has 2 aromatic rings. The van der Waals surface area contributed by atoms with E-state index in [0.29, 0.717) is 18.6 Å². The Morgan fingerprint density at radius 3 is 2.48 bits per heavy atom. The molecule has 0 bridgehead atoms. The Kier molecular flexibility index (Phi) is 4.02. The molecule has 1 atom stereocenters. The van der Waals surface area contributed by atoms with Crippen LogP contribution in [0.1, 0.15) is 27.9 Å². The lowest BCUT2D eigenvalue weighted by Crippen LogP contribution is -2.26. The standard InChI is InChI=1S/C18H16O5/c19-15-6-3-12-9-14(2-1-13(12)10-15)18(22)23-16-7-4-11(5-8-16)17(20)21/h3-8,10,14,19H,1-2,9H2,(H,20,21). The number of phenolic OH excluding ortho intramolecular Hbond substituents is 1. The third-order valence-electron chi connectivity index (χ3n) is 4.07. The highest BCUT2D eigenvalue weighted by Crippen LogP contribution is 2.29. The number of aryl methyl sites for hydroxylation is 1. The predicted molar refractivity (Wildman–Crippen MR) is 82.7 cm³/mol. The largest absolute Gasteiger partial charge is 0.508 e. The van der Waals surface area contributed by atoms with Crippen molar-refractivity contribution in [2.75, 3.05) is 0 Å². The van der Waals surface area contributed by atoms with Crippen molar-refractivity contribution in [1.29, 1.82) is 0 Å². The van der Waals surface area contributed by atoms with Gasteiger partial charge in [0.2, 0.25) is 0 Å². The van der Waals surface area contributed by atoms with E-state index in [1.807, 2.05) is 6.07 Å². The van der Waals surface area contributed by atoms with E-state index in [1.165, 1.54) is 24.3 Å². The van der Waals surface area contributed by atoms with Crippen molar-refractivity contribution in [3.05, 3.63) is 59.2 Å². The van der Waals surface area contributed by atoms with Gasteiger partial charge in [0.25, 0.3) is 0 Å². The normalized spacial score (nSPS) is 16.4. The maximum absolute atomic E-state index is 12.3. The van der Waals surface area contributed by atoms with Gasteiger partial charge in [-0.1, -0.05) is 6.07 Å². The van der Waals surface area contributed by atoms with E-state index < -0.39 is 5.97 Å².